The molecule has 0 spiro atoms. The number of sulfone groups is 1. The van der Waals surface area contributed by atoms with Gasteiger partial charge in [-0.2, -0.15) is 0 Å². The smallest absolute Gasteiger partial charge is 0.321 e. The molecule has 2 aromatic rings. The number of nitrogens with zero attached hydrogens (tertiary/aromatic N) is 1. The highest BCUT2D eigenvalue weighted by Crippen LogP contribution is 2.25. The van der Waals surface area contributed by atoms with Crippen LogP contribution in [-0.2, 0) is 9.84 Å². The van der Waals surface area contributed by atoms with Gasteiger partial charge in [0.25, 0.3) is 0 Å². The third kappa shape index (κ3) is 4.60. The van der Waals surface area contributed by atoms with E-state index < -0.39 is 15.1 Å². The number of likely N-dealkylation sites (tertiary alicyclic amines) is 1. The van der Waals surface area contributed by atoms with Gasteiger partial charge in [0.15, 0.2) is 9.84 Å². The van der Waals surface area contributed by atoms with E-state index in [1.165, 1.54) is 0 Å². The summed E-state index contributed by atoms with van der Waals surface area (Å²) >= 11 is 0. The summed E-state index contributed by atoms with van der Waals surface area (Å²) in [7, 11) is -3.35. The van der Waals surface area contributed by atoms with Crippen molar-refractivity contribution in [2.24, 2.45) is 0 Å². The lowest BCUT2D eigenvalue weighted by atomic mass is 10.1. The van der Waals surface area contributed by atoms with Gasteiger partial charge in [-0.15, -0.1) is 0 Å². The van der Waals surface area contributed by atoms with Gasteiger partial charge in [0.1, 0.15) is 5.75 Å². The van der Waals surface area contributed by atoms with Gasteiger partial charge in [-0.3, -0.25) is 0 Å². The zero-order valence-electron chi connectivity index (χ0n) is 15.3. The highest BCUT2D eigenvalue weighted by Gasteiger charge is 2.32. The molecule has 1 heterocycles. The van der Waals surface area contributed by atoms with Crippen molar-refractivity contribution in [2.45, 2.75) is 29.9 Å². The minimum absolute atomic E-state index is 0.213. The molecule has 27 heavy (non-hydrogen) atoms. The average Bonchev–Trinajstić information content (AvgIpc) is 2.70. The van der Waals surface area contributed by atoms with E-state index in [9.17, 15) is 13.2 Å². The molecule has 0 unspecified atom stereocenters. The Hall–Kier alpha value is -2.54. The first-order valence-electron chi connectivity index (χ1n) is 9.08. The maximum atomic E-state index is 12.7. The first-order chi connectivity index (χ1) is 13.0. The second kappa shape index (κ2) is 8.43. The number of ether oxygens (including phenoxy) is 1. The number of anilines is 1. The van der Waals surface area contributed by atoms with Crippen LogP contribution in [-0.4, -0.2) is 44.3 Å². The molecule has 0 aromatic heterocycles. The van der Waals surface area contributed by atoms with Crippen molar-refractivity contribution in [2.75, 3.05) is 25.0 Å². The minimum atomic E-state index is -3.35. The van der Waals surface area contributed by atoms with E-state index in [1.807, 2.05) is 6.92 Å². The van der Waals surface area contributed by atoms with Crippen molar-refractivity contribution in [3.8, 4) is 5.75 Å². The Morgan fingerprint density at radius 2 is 1.70 bits per heavy atom. The lowest BCUT2D eigenvalue weighted by molar-refractivity contribution is 0.200. The van der Waals surface area contributed by atoms with Gasteiger partial charge in [-0.1, -0.05) is 18.2 Å². The van der Waals surface area contributed by atoms with Crippen LogP contribution in [0.25, 0.3) is 0 Å². The van der Waals surface area contributed by atoms with Gasteiger partial charge in [-0.05, 0) is 56.2 Å². The molecule has 2 amide bonds. The van der Waals surface area contributed by atoms with Crippen LogP contribution in [0.1, 0.15) is 19.8 Å². The van der Waals surface area contributed by atoms with E-state index in [1.54, 1.807) is 59.5 Å². The number of urea groups is 1. The quantitative estimate of drug-likeness (QED) is 0.850. The summed E-state index contributed by atoms with van der Waals surface area (Å²) in [6.45, 7) is 3.34. The number of hydrogen-bond acceptors (Lipinski definition) is 4. The molecule has 0 radical (unpaired) electrons. The number of amides is 2. The lowest BCUT2D eigenvalue weighted by Crippen LogP contribution is -2.44. The fourth-order valence-corrected chi connectivity index (χ4v) is 4.93. The first kappa shape index (κ1) is 19.2. The predicted octanol–water partition coefficient (Wildman–Crippen LogP) is 3.56. The van der Waals surface area contributed by atoms with E-state index in [0.717, 1.165) is 5.75 Å². The Bertz CT molecular complexity index is 859. The van der Waals surface area contributed by atoms with E-state index in [4.69, 9.17) is 4.74 Å². The molecule has 6 nitrogen and oxygen atoms in total. The normalized spacial score (nSPS) is 15.4. The standard InChI is InChI=1S/C20H24N2O4S/c1-2-26-17-10-8-16(9-11-17)21-20(23)22-14-12-19(13-15-22)27(24,25)18-6-4-3-5-7-18/h3-11,19H,2,12-15H2,1H3,(H,21,23). The number of nitrogens with one attached hydrogen (secondary N) is 1. The van der Waals surface area contributed by atoms with Crippen LogP contribution < -0.4 is 10.1 Å². The predicted molar refractivity (Wildman–Crippen MR) is 105 cm³/mol. The summed E-state index contributed by atoms with van der Waals surface area (Å²) < 4.78 is 30.8. The largest absolute Gasteiger partial charge is 0.494 e. The van der Waals surface area contributed by atoms with Crippen molar-refractivity contribution in [1.82, 2.24) is 4.90 Å². The molecule has 1 saturated heterocycles. The molecule has 0 atom stereocenters. The Kier molecular flexibility index (Phi) is 6.01. The van der Waals surface area contributed by atoms with Crippen molar-refractivity contribution in [3.63, 3.8) is 0 Å². The van der Waals surface area contributed by atoms with Crippen LogP contribution in [0.5, 0.6) is 5.75 Å². The molecule has 2 aromatic carbocycles. The van der Waals surface area contributed by atoms with Crippen LogP contribution in [0.15, 0.2) is 59.5 Å². The fourth-order valence-electron chi connectivity index (χ4n) is 3.18. The van der Waals surface area contributed by atoms with Gasteiger partial charge in [-0.25, -0.2) is 13.2 Å². The van der Waals surface area contributed by atoms with Gasteiger partial charge >= 0.3 is 6.03 Å². The van der Waals surface area contributed by atoms with E-state index in [0.29, 0.717) is 43.1 Å². The third-order valence-electron chi connectivity index (χ3n) is 4.66. The van der Waals surface area contributed by atoms with Crippen LogP contribution in [0.4, 0.5) is 10.5 Å². The average molecular weight is 388 g/mol. The van der Waals surface area contributed by atoms with Crippen LogP contribution in [0.2, 0.25) is 0 Å². The Labute approximate surface area is 160 Å². The summed E-state index contributed by atoms with van der Waals surface area (Å²) in [5.74, 6) is 0.752. The molecular formula is C20H24N2O4S. The van der Waals surface area contributed by atoms with Gasteiger partial charge in [0, 0.05) is 18.8 Å². The fraction of sp³-hybridized carbons (Fsp3) is 0.350. The number of carbonyl (C=O) groups is 1. The topological polar surface area (TPSA) is 75.7 Å². The summed E-state index contributed by atoms with van der Waals surface area (Å²) in [5.41, 5.74) is 0.683. The minimum Gasteiger partial charge on any atom is -0.494 e. The lowest BCUT2D eigenvalue weighted by Gasteiger charge is -2.31. The third-order valence-corrected chi connectivity index (χ3v) is 6.93. The monoisotopic (exact) mass is 388 g/mol. The van der Waals surface area contributed by atoms with E-state index in [-0.39, 0.29) is 6.03 Å². The molecule has 0 aliphatic carbocycles. The summed E-state index contributed by atoms with van der Waals surface area (Å²) in [5, 5.41) is 2.40. The summed E-state index contributed by atoms with van der Waals surface area (Å²) in [6.07, 6.45) is 0.877. The molecule has 1 aliphatic heterocycles. The van der Waals surface area contributed by atoms with Crippen molar-refractivity contribution in [1.29, 1.82) is 0 Å². The summed E-state index contributed by atoms with van der Waals surface area (Å²) in [6, 6.07) is 15.5. The highest BCUT2D eigenvalue weighted by atomic mass is 32.2. The zero-order chi connectivity index (χ0) is 19.3. The van der Waals surface area contributed by atoms with E-state index in [2.05, 4.69) is 5.32 Å². The second-order valence-electron chi connectivity index (χ2n) is 6.43. The number of benzene rings is 2. The molecule has 1 aliphatic rings. The van der Waals surface area contributed by atoms with Crippen molar-refractivity contribution >= 4 is 21.6 Å². The molecule has 7 heteroatoms. The van der Waals surface area contributed by atoms with E-state index >= 15 is 0 Å². The number of hydrogen-bond donors (Lipinski definition) is 1. The number of carbonyl (C=O) groups excluding carboxylic acids is 1. The highest BCUT2D eigenvalue weighted by molar-refractivity contribution is 7.92. The Balaban J connectivity index is 1.56. The van der Waals surface area contributed by atoms with Gasteiger partial charge in [0.05, 0.1) is 16.8 Å². The van der Waals surface area contributed by atoms with Crippen LogP contribution >= 0.6 is 0 Å². The van der Waals surface area contributed by atoms with Crippen LogP contribution in [0.3, 0.4) is 0 Å². The molecule has 1 N–H and O–H groups in total. The first-order valence-corrected chi connectivity index (χ1v) is 10.6. The number of rotatable bonds is 5. The maximum Gasteiger partial charge on any atom is 0.321 e. The van der Waals surface area contributed by atoms with Gasteiger partial charge in [0.2, 0.25) is 0 Å². The molecule has 3 rings (SSSR count). The second-order valence-corrected chi connectivity index (χ2v) is 8.66. The zero-order valence-corrected chi connectivity index (χ0v) is 16.1. The maximum absolute atomic E-state index is 12.7. The number of piperidine rings is 1. The summed E-state index contributed by atoms with van der Waals surface area (Å²) in [4.78, 5) is 14.4. The van der Waals surface area contributed by atoms with Crippen molar-refractivity contribution < 1.29 is 17.9 Å². The molecule has 0 bridgehead atoms. The van der Waals surface area contributed by atoms with Gasteiger partial charge < -0.3 is 15.0 Å². The van der Waals surface area contributed by atoms with Crippen LogP contribution in [0, 0.1) is 0 Å². The Morgan fingerprint density at radius 1 is 1.07 bits per heavy atom. The van der Waals surface area contributed by atoms with Crippen molar-refractivity contribution in [3.05, 3.63) is 54.6 Å². The molecule has 0 saturated carbocycles. The molecule has 1 fully saturated rings. The Morgan fingerprint density at radius 3 is 2.30 bits per heavy atom. The molecular weight excluding hydrogens is 364 g/mol. The molecule has 144 valence electrons. The SMILES string of the molecule is CCOc1ccc(NC(=O)N2CCC(S(=O)(=O)c3ccccc3)CC2)cc1.